The van der Waals surface area contributed by atoms with Gasteiger partial charge in [-0.2, -0.15) is 0 Å². The number of alkyl carbamates (subject to hydrolysis) is 1. The Hall–Kier alpha value is -4.05. The maximum atomic E-state index is 12.3. The van der Waals surface area contributed by atoms with Crippen molar-refractivity contribution in [2.45, 2.75) is 5.92 Å². The van der Waals surface area contributed by atoms with Crippen LogP contribution in [0.4, 0.5) is 4.79 Å². The van der Waals surface area contributed by atoms with Crippen LogP contribution in [0.2, 0.25) is 0 Å². The average molecular weight is 436 g/mol. The van der Waals surface area contributed by atoms with E-state index < -0.39 is 6.09 Å². The molecule has 0 bridgehead atoms. The summed E-state index contributed by atoms with van der Waals surface area (Å²) >= 11 is 0. The van der Waals surface area contributed by atoms with Crippen LogP contribution in [-0.4, -0.2) is 26.4 Å². The van der Waals surface area contributed by atoms with Crippen molar-refractivity contribution in [3.05, 3.63) is 108 Å². The lowest BCUT2D eigenvalue weighted by Gasteiger charge is -2.14. The predicted octanol–water partition coefficient (Wildman–Crippen LogP) is 6.40. The summed E-state index contributed by atoms with van der Waals surface area (Å²) in [6.45, 7) is 0.717. The standard InChI is InChI=1S/C29H25NO3/c1-32-23-15-14-21-17-20(12-13-22(21)18-23)7-6-16-30-29(31)33-19-28-26-10-4-2-8-24(26)25-9-3-5-11-27(25)28/h2-15,17-18,28H,16,19H2,1H3,(H,30,31). The van der Waals surface area contributed by atoms with Gasteiger partial charge in [-0.15, -0.1) is 0 Å². The van der Waals surface area contributed by atoms with E-state index in [9.17, 15) is 4.79 Å². The second-order valence-corrected chi connectivity index (χ2v) is 8.08. The first-order chi connectivity index (χ1) is 16.2. The summed E-state index contributed by atoms with van der Waals surface area (Å²) < 4.78 is 10.9. The van der Waals surface area contributed by atoms with Crippen molar-refractivity contribution in [3.8, 4) is 16.9 Å². The molecule has 0 radical (unpaired) electrons. The third-order valence-corrected chi connectivity index (χ3v) is 6.09. The zero-order valence-electron chi connectivity index (χ0n) is 18.5. The molecule has 1 aliphatic carbocycles. The van der Waals surface area contributed by atoms with Crippen LogP contribution in [0.3, 0.4) is 0 Å². The van der Waals surface area contributed by atoms with Crippen LogP contribution >= 0.6 is 0 Å². The van der Waals surface area contributed by atoms with Crippen molar-refractivity contribution < 1.29 is 14.3 Å². The largest absolute Gasteiger partial charge is 0.497 e. The van der Waals surface area contributed by atoms with E-state index in [1.807, 2.05) is 60.7 Å². The monoisotopic (exact) mass is 435 g/mol. The molecule has 0 fully saturated rings. The minimum atomic E-state index is -0.410. The second kappa shape index (κ2) is 9.21. The third-order valence-electron chi connectivity index (χ3n) is 6.09. The van der Waals surface area contributed by atoms with Gasteiger partial charge in [0.2, 0.25) is 0 Å². The highest BCUT2D eigenvalue weighted by atomic mass is 16.5. The highest BCUT2D eigenvalue weighted by Crippen LogP contribution is 2.44. The molecule has 33 heavy (non-hydrogen) atoms. The van der Waals surface area contributed by atoms with Gasteiger partial charge in [-0.05, 0) is 56.8 Å². The lowest BCUT2D eigenvalue weighted by molar-refractivity contribution is 0.144. The molecule has 0 aliphatic heterocycles. The van der Waals surface area contributed by atoms with E-state index in [1.165, 1.54) is 22.3 Å². The van der Waals surface area contributed by atoms with E-state index in [2.05, 4.69) is 41.7 Å². The fourth-order valence-corrected chi connectivity index (χ4v) is 4.46. The van der Waals surface area contributed by atoms with Crippen LogP contribution < -0.4 is 10.1 Å². The smallest absolute Gasteiger partial charge is 0.407 e. The Morgan fingerprint density at radius 3 is 2.27 bits per heavy atom. The van der Waals surface area contributed by atoms with Gasteiger partial charge in [0.05, 0.1) is 7.11 Å². The van der Waals surface area contributed by atoms with Crippen LogP contribution in [0.1, 0.15) is 22.6 Å². The number of rotatable bonds is 6. The molecule has 4 nitrogen and oxygen atoms in total. The summed E-state index contributed by atoms with van der Waals surface area (Å²) in [7, 11) is 1.67. The maximum Gasteiger partial charge on any atom is 0.407 e. The molecular weight excluding hydrogens is 410 g/mol. The minimum absolute atomic E-state index is 0.0647. The molecule has 0 saturated heterocycles. The molecule has 5 rings (SSSR count). The Morgan fingerprint density at radius 1 is 0.879 bits per heavy atom. The zero-order chi connectivity index (χ0) is 22.6. The average Bonchev–Trinajstić information content (AvgIpc) is 3.18. The third kappa shape index (κ3) is 4.33. The molecule has 4 aromatic carbocycles. The fraction of sp³-hybridized carbons (Fsp3) is 0.138. The predicted molar refractivity (Wildman–Crippen MR) is 133 cm³/mol. The zero-order valence-corrected chi connectivity index (χ0v) is 18.5. The summed E-state index contributed by atoms with van der Waals surface area (Å²) in [6, 6.07) is 28.9. The molecule has 0 heterocycles. The molecule has 0 saturated carbocycles. The van der Waals surface area contributed by atoms with Crippen molar-refractivity contribution in [3.63, 3.8) is 0 Å². The van der Waals surface area contributed by atoms with Crippen molar-refractivity contribution in [1.82, 2.24) is 5.32 Å². The summed E-state index contributed by atoms with van der Waals surface area (Å²) in [5.74, 6) is 0.910. The quantitative estimate of drug-likeness (QED) is 0.381. The summed E-state index contributed by atoms with van der Waals surface area (Å²) in [5.41, 5.74) is 5.93. The van der Waals surface area contributed by atoms with Gasteiger partial charge in [0, 0.05) is 12.5 Å². The van der Waals surface area contributed by atoms with E-state index in [-0.39, 0.29) is 5.92 Å². The molecule has 0 unspecified atom stereocenters. The van der Waals surface area contributed by atoms with Crippen LogP contribution in [0, 0.1) is 0 Å². The summed E-state index contributed by atoms with van der Waals surface area (Å²) in [4.78, 5) is 12.3. The van der Waals surface area contributed by atoms with E-state index in [1.54, 1.807) is 7.11 Å². The Kier molecular flexibility index (Phi) is 5.81. The SMILES string of the molecule is COc1ccc2cc(C=CCNC(=O)OCC3c4ccccc4-c4ccccc43)ccc2c1. The number of ether oxygens (including phenoxy) is 2. The highest BCUT2D eigenvalue weighted by molar-refractivity contribution is 5.86. The molecule has 4 heteroatoms. The number of methoxy groups -OCH3 is 1. The van der Waals surface area contributed by atoms with E-state index in [0.717, 1.165) is 22.1 Å². The van der Waals surface area contributed by atoms with E-state index >= 15 is 0 Å². The highest BCUT2D eigenvalue weighted by Gasteiger charge is 2.28. The topological polar surface area (TPSA) is 47.6 Å². The van der Waals surface area contributed by atoms with Crippen LogP contribution in [0.5, 0.6) is 5.75 Å². The Bertz CT molecular complexity index is 1300. The van der Waals surface area contributed by atoms with Gasteiger partial charge in [0.1, 0.15) is 12.4 Å². The Labute approximate surface area is 193 Å². The first kappa shape index (κ1) is 20.8. The van der Waals surface area contributed by atoms with Crippen molar-refractivity contribution in [2.24, 2.45) is 0 Å². The number of hydrogen-bond donors (Lipinski definition) is 1. The maximum absolute atomic E-state index is 12.3. The number of carbonyl (C=O) groups is 1. The van der Waals surface area contributed by atoms with Crippen LogP contribution in [0.25, 0.3) is 28.0 Å². The number of hydrogen-bond acceptors (Lipinski definition) is 3. The second-order valence-electron chi connectivity index (χ2n) is 8.08. The van der Waals surface area contributed by atoms with Gasteiger partial charge in [-0.3, -0.25) is 0 Å². The molecule has 0 atom stereocenters. The normalized spacial score (nSPS) is 12.5. The number of carbonyl (C=O) groups excluding carboxylic acids is 1. The lowest BCUT2D eigenvalue weighted by atomic mass is 9.98. The van der Waals surface area contributed by atoms with Gasteiger partial charge in [0.25, 0.3) is 0 Å². The molecule has 0 spiro atoms. The molecule has 1 N–H and O–H groups in total. The molecule has 1 amide bonds. The van der Waals surface area contributed by atoms with Crippen molar-refractivity contribution in [1.29, 1.82) is 0 Å². The van der Waals surface area contributed by atoms with Crippen LogP contribution in [0.15, 0.2) is 91.0 Å². The number of nitrogens with one attached hydrogen (secondary N) is 1. The van der Waals surface area contributed by atoms with Crippen LogP contribution in [-0.2, 0) is 4.74 Å². The molecule has 164 valence electrons. The Balaban J connectivity index is 1.16. The molecular formula is C29H25NO3. The van der Waals surface area contributed by atoms with Crippen molar-refractivity contribution >= 4 is 22.9 Å². The van der Waals surface area contributed by atoms with Gasteiger partial charge >= 0.3 is 6.09 Å². The van der Waals surface area contributed by atoms with Gasteiger partial charge in [-0.25, -0.2) is 4.79 Å². The first-order valence-electron chi connectivity index (χ1n) is 11.1. The van der Waals surface area contributed by atoms with E-state index in [0.29, 0.717) is 13.2 Å². The van der Waals surface area contributed by atoms with Gasteiger partial charge < -0.3 is 14.8 Å². The minimum Gasteiger partial charge on any atom is -0.497 e. The fourth-order valence-electron chi connectivity index (χ4n) is 4.46. The van der Waals surface area contributed by atoms with Gasteiger partial charge in [0.15, 0.2) is 0 Å². The summed E-state index contributed by atoms with van der Waals surface area (Å²) in [5, 5.41) is 5.08. The van der Waals surface area contributed by atoms with Gasteiger partial charge in [-0.1, -0.05) is 78.9 Å². The first-order valence-corrected chi connectivity index (χ1v) is 11.1. The Morgan fingerprint density at radius 2 is 1.55 bits per heavy atom. The molecule has 1 aliphatic rings. The molecule has 0 aromatic heterocycles. The molecule has 4 aromatic rings. The van der Waals surface area contributed by atoms with Crippen molar-refractivity contribution in [2.75, 3.05) is 20.3 Å². The lowest BCUT2D eigenvalue weighted by Crippen LogP contribution is -2.26. The number of amides is 1. The number of fused-ring (bicyclic) bond motifs is 4. The number of benzene rings is 4. The van der Waals surface area contributed by atoms with E-state index in [4.69, 9.17) is 9.47 Å². The summed E-state index contributed by atoms with van der Waals surface area (Å²) in [6.07, 6.45) is 3.51.